The molecule has 1 aliphatic carbocycles. The molecule has 0 saturated heterocycles. The molecule has 4 aromatic rings. The van der Waals surface area contributed by atoms with E-state index in [9.17, 15) is 4.79 Å². The Labute approximate surface area is 231 Å². The van der Waals surface area contributed by atoms with Crippen molar-refractivity contribution in [1.29, 1.82) is 0 Å². The number of hydrogen-bond donors (Lipinski definition) is 3. The van der Waals surface area contributed by atoms with Gasteiger partial charge in [-0.3, -0.25) is 5.32 Å². The van der Waals surface area contributed by atoms with Gasteiger partial charge in [0, 0.05) is 29.4 Å². The van der Waals surface area contributed by atoms with Gasteiger partial charge < -0.3 is 19.7 Å². The summed E-state index contributed by atoms with van der Waals surface area (Å²) in [6, 6.07) is 8.02. The van der Waals surface area contributed by atoms with E-state index < -0.39 is 6.09 Å². The molecule has 0 atom stereocenters. The quantitative estimate of drug-likeness (QED) is 0.308. The number of allylic oxidation sites excluding steroid dienone is 1. The number of benzene rings is 1. The predicted octanol–water partition coefficient (Wildman–Crippen LogP) is 5.34. The van der Waals surface area contributed by atoms with Gasteiger partial charge in [0.05, 0.1) is 17.8 Å². The lowest BCUT2D eigenvalue weighted by atomic mass is 9.81. The van der Waals surface area contributed by atoms with Gasteiger partial charge >= 0.3 is 6.09 Å². The highest BCUT2D eigenvalue weighted by Crippen LogP contribution is 2.37. The van der Waals surface area contributed by atoms with Gasteiger partial charge in [-0.25, -0.2) is 19.7 Å². The summed E-state index contributed by atoms with van der Waals surface area (Å²) in [6.45, 7) is 6.39. The van der Waals surface area contributed by atoms with E-state index in [1.165, 1.54) is 5.56 Å². The molecule has 0 spiro atoms. The number of pyridine rings is 1. The van der Waals surface area contributed by atoms with E-state index in [1.807, 2.05) is 18.2 Å². The van der Waals surface area contributed by atoms with Crippen molar-refractivity contribution in [3.05, 3.63) is 59.7 Å². The van der Waals surface area contributed by atoms with Crippen LogP contribution in [0.5, 0.6) is 5.75 Å². The second-order valence-corrected chi connectivity index (χ2v) is 9.76. The summed E-state index contributed by atoms with van der Waals surface area (Å²) in [5, 5.41) is 11.2. The first-order valence-corrected chi connectivity index (χ1v) is 11.7. The fourth-order valence-electron chi connectivity index (χ4n) is 4.79. The summed E-state index contributed by atoms with van der Waals surface area (Å²) >= 11 is 0. The topological polar surface area (TPSA) is 129 Å². The van der Waals surface area contributed by atoms with Gasteiger partial charge in [0.1, 0.15) is 24.5 Å². The Morgan fingerprint density at radius 1 is 1.16 bits per heavy atom. The van der Waals surface area contributed by atoms with Gasteiger partial charge in [-0.1, -0.05) is 26.0 Å². The Morgan fingerprint density at radius 3 is 2.82 bits per heavy atom. The molecule has 0 fully saturated rings. The van der Waals surface area contributed by atoms with Gasteiger partial charge in [0.2, 0.25) is 5.95 Å². The molecule has 10 nitrogen and oxygen atoms in total. The average molecular weight is 556 g/mol. The van der Waals surface area contributed by atoms with Gasteiger partial charge in [0.15, 0.2) is 5.65 Å². The molecule has 0 bridgehead atoms. The van der Waals surface area contributed by atoms with Crippen molar-refractivity contribution in [1.82, 2.24) is 24.9 Å². The number of nitrogens with one attached hydrogen (secondary N) is 2. The number of rotatable bonds is 3. The minimum atomic E-state index is -1.19. The van der Waals surface area contributed by atoms with Crippen LogP contribution in [0.1, 0.15) is 30.7 Å². The van der Waals surface area contributed by atoms with Gasteiger partial charge in [0.25, 0.3) is 0 Å². The minimum Gasteiger partial charge on any atom is -0.491 e. The van der Waals surface area contributed by atoms with E-state index in [2.05, 4.69) is 67.2 Å². The van der Waals surface area contributed by atoms with Crippen LogP contribution >= 0.6 is 24.8 Å². The van der Waals surface area contributed by atoms with Crippen molar-refractivity contribution in [2.24, 2.45) is 5.41 Å². The molecule has 3 N–H and O–H groups in total. The van der Waals surface area contributed by atoms with E-state index in [4.69, 9.17) is 9.84 Å². The number of aromatic nitrogens is 5. The maximum absolute atomic E-state index is 10.9. The first kappa shape index (κ1) is 27.2. The average Bonchev–Trinajstić information content (AvgIpc) is 3.11. The van der Waals surface area contributed by atoms with E-state index in [0.29, 0.717) is 24.3 Å². The molecular weight excluding hydrogens is 529 g/mol. The molecule has 1 amide bonds. The smallest absolute Gasteiger partial charge is 0.411 e. The Morgan fingerprint density at radius 2 is 2.00 bits per heavy atom. The zero-order chi connectivity index (χ0) is 24.9. The third-order valence-electron chi connectivity index (χ3n) is 6.52. The summed E-state index contributed by atoms with van der Waals surface area (Å²) < 4.78 is 6.09. The van der Waals surface area contributed by atoms with Crippen LogP contribution in [0.4, 0.5) is 16.6 Å². The fraction of sp³-hybridized carbons (Fsp3) is 0.269. The third-order valence-corrected chi connectivity index (χ3v) is 6.52. The van der Waals surface area contributed by atoms with E-state index >= 15 is 0 Å². The molecule has 3 aromatic heterocycles. The number of nitrogens with zero attached hydrogens (tertiary/aromatic N) is 5. The SMILES string of the molecule is CC1(C)C=Cc2ncnc(N3CCOc4ccc(-c5cnc6nc(NC(=O)O)[nH]c6c5)cc4C3)c2C1.Cl.Cl. The Balaban J connectivity index is 0.00000168. The number of aromatic amines is 1. The number of amides is 1. The number of halogens is 2. The lowest BCUT2D eigenvalue weighted by molar-refractivity contribution is 0.209. The normalized spacial score (nSPS) is 15.3. The molecule has 12 heteroatoms. The number of carbonyl (C=O) groups is 1. The Kier molecular flexibility index (Phi) is 7.48. The lowest BCUT2D eigenvalue weighted by Gasteiger charge is -2.30. The summed E-state index contributed by atoms with van der Waals surface area (Å²) in [7, 11) is 0. The van der Waals surface area contributed by atoms with Crippen LogP contribution in [-0.4, -0.2) is 49.3 Å². The van der Waals surface area contributed by atoms with Crippen LogP contribution < -0.4 is 15.0 Å². The second-order valence-electron chi connectivity index (χ2n) is 9.76. The van der Waals surface area contributed by atoms with E-state index in [-0.39, 0.29) is 36.2 Å². The fourth-order valence-corrected chi connectivity index (χ4v) is 4.79. The Hall–Kier alpha value is -3.89. The monoisotopic (exact) mass is 555 g/mol. The van der Waals surface area contributed by atoms with Gasteiger partial charge in [-0.05, 0) is 41.7 Å². The maximum atomic E-state index is 10.9. The van der Waals surface area contributed by atoms with E-state index in [1.54, 1.807) is 12.5 Å². The number of carboxylic acid groups (broad SMARTS) is 1. The number of H-pyrrole nitrogens is 1. The van der Waals surface area contributed by atoms with Crippen LogP contribution in [0.3, 0.4) is 0 Å². The molecular formula is C26H27Cl2N7O3. The molecule has 0 saturated carbocycles. The number of fused-ring (bicyclic) bond motifs is 3. The Bertz CT molecular complexity index is 1540. The highest BCUT2D eigenvalue weighted by Gasteiger charge is 2.27. The lowest BCUT2D eigenvalue weighted by Crippen LogP contribution is -2.29. The second kappa shape index (κ2) is 10.5. The standard InChI is InChI=1S/C26H25N7O3.2ClH/c1-26(2)6-5-19-18(11-26)23(29-14-28-19)33-7-8-36-21-4-3-15(9-17(21)13-33)16-10-20-22(27-12-16)31-24(30-20)32-25(34)35;;/h3-6,9-10,12,14H,7-8,11,13H2,1-2H3,(H,34,35)(H2,27,30,31,32);2*1H. The molecule has 2 aliphatic rings. The van der Waals surface area contributed by atoms with Crippen LogP contribution in [-0.2, 0) is 13.0 Å². The predicted molar refractivity (Wildman–Crippen MR) is 151 cm³/mol. The van der Waals surface area contributed by atoms with Crippen molar-refractivity contribution in [2.45, 2.75) is 26.8 Å². The van der Waals surface area contributed by atoms with Crippen LogP contribution in [0.15, 0.2) is 42.9 Å². The van der Waals surface area contributed by atoms with Gasteiger partial charge in [-0.15, -0.1) is 24.8 Å². The first-order chi connectivity index (χ1) is 17.3. The highest BCUT2D eigenvalue weighted by molar-refractivity contribution is 5.86. The van der Waals surface area contributed by atoms with Crippen molar-refractivity contribution in [3.63, 3.8) is 0 Å². The summed E-state index contributed by atoms with van der Waals surface area (Å²) in [5.41, 5.74) is 6.21. The van der Waals surface area contributed by atoms with Crippen LogP contribution in [0.2, 0.25) is 0 Å². The first-order valence-electron chi connectivity index (χ1n) is 11.7. The summed E-state index contributed by atoms with van der Waals surface area (Å²) in [4.78, 5) is 33.9. The zero-order valence-electron chi connectivity index (χ0n) is 20.8. The molecule has 1 aliphatic heterocycles. The van der Waals surface area contributed by atoms with Gasteiger partial charge in [-0.2, -0.15) is 4.98 Å². The molecule has 0 unspecified atom stereocenters. The maximum Gasteiger partial charge on any atom is 0.411 e. The van der Waals surface area contributed by atoms with Crippen molar-refractivity contribution in [2.75, 3.05) is 23.4 Å². The van der Waals surface area contributed by atoms with E-state index in [0.717, 1.165) is 46.9 Å². The largest absolute Gasteiger partial charge is 0.491 e. The van der Waals surface area contributed by atoms with Crippen LogP contribution in [0.25, 0.3) is 28.4 Å². The zero-order valence-corrected chi connectivity index (χ0v) is 22.4. The number of anilines is 2. The molecule has 1 aromatic carbocycles. The molecule has 0 radical (unpaired) electrons. The third kappa shape index (κ3) is 5.23. The molecule has 6 rings (SSSR count). The molecule has 198 valence electrons. The number of hydrogen-bond acceptors (Lipinski definition) is 7. The van der Waals surface area contributed by atoms with Crippen molar-refractivity contribution >= 4 is 59.9 Å². The summed E-state index contributed by atoms with van der Waals surface area (Å²) in [6.07, 6.45) is 7.38. The van der Waals surface area contributed by atoms with Crippen molar-refractivity contribution in [3.8, 4) is 16.9 Å². The van der Waals surface area contributed by atoms with Crippen LogP contribution in [0, 0.1) is 5.41 Å². The highest BCUT2D eigenvalue weighted by atomic mass is 35.5. The number of imidazole rings is 1. The molecule has 38 heavy (non-hydrogen) atoms. The minimum absolute atomic E-state index is 0. The summed E-state index contributed by atoms with van der Waals surface area (Å²) in [5.74, 6) is 1.95. The number of ether oxygens (including phenoxy) is 1. The molecule has 4 heterocycles. The van der Waals surface area contributed by atoms with Crippen molar-refractivity contribution < 1.29 is 14.6 Å².